The molecule has 1 heterocycles. The second-order valence-electron chi connectivity index (χ2n) is 5.23. The molecular weight excluding hydrogens is 198 g/mol. The largest absolute Gasteiger partial charge is 0.381 e. The fraction of sp³-hybridized carbons (Fsp3) is 1.00. The van der Waals surface area contributed by atoms with Crippen molar-refractivity contribution in [2.75, 3.05) is 26.8 Å². The van der Waals surface area contributed by atoms with Crippen LogP contribution in [0.4, 0.5) is 0 Å². The van der Waals surface area contributed by atoms with E-state index in [0.717, 1.165) is 31.1 Å². The summed E-state index contributed by atoms with van der Waals surface area (Å²) in [6.07, 6.45) is 5.37. The van der Waals surface area contributed by atoms with E-state index < -0.39 is 0 Å². The molecule has 2 aliphatic rings. The molecule has 1 aliphatic carbocycles. The van der Waals surface area contributed by atoms with Gasteiger partial charge in [0.15, 0.2) is 0 Å². The predicted molar refractivity (Wildman–Crippen MR) is 69.7 cm³/mol. The Morgan fingerprint density at radius 3 is 2.19 bits per heavy atom. The Balaban J connectivity index is 0.000000606. The van der Waals surface area contributed by atoms with E-state index in [4.69, 9.17) is 4.74 Å². The minimum atomic E-state index is 0.791. The van der Waals surface area contributed by atoms with Gasteiger partial charge >= 0.3 is 0 Å². The molecule has 0 aromatic rings. The highest BCUT2D eigenvalue weighted by Gasteiger charge is 2.28. The van der Waals surface area contributed by atoms with Crippen molar-refractivity contribution >= 4 is 0 Å². The topological polar surface area (TPSA) is 12.5 Å². The fourth-order valence-electron chi connectivity index (χ4n) is 2.90. The molecule has 0 N–H and O–H groups in total. The lowest BCUT2D eigenvalue weighted by Crippen LogP contribution is -2.41. The van der Waals surface area contributed by atoms with Gasteiger partial charge < -0.3 is 9.64 Å². The van der Waals surface area contributed by atoms with Gasteiger partial charge in [-0.15, -0.1) is 0 Å². The Labute approximate surface area is 101 Å². The van der Waals surface area contributed by atoms with E-state index >= 15 is 0 Å². The molecule has 2 heteroatoms. The Morgan fingerprint density at radius 1 is 1.12 bits per heavy atom. The van der Waals surface area contributed by atoms with Gasteiger partial charge in [0.1, 0.15) is 0 Å². The first-order chi connectivity index (χ1) is 7.75. The van der Waals surface area contributed by atoms with E-state index in [9.17, 15) is 0 Å². The first kappa shape index (κ1) is 14.0. The van der Waals surface area contributed by atoms with Gasteiger partial charge in [-0.05, 0) is 44.6 Å². The van der Waals surface area contributed by atoms with Gasteiger partial charge in [-0.2, -0.15) is 0 Å². The number of hydrogen-bond donors (Lipinski definition) is 0. The highest BCUT2D eigenvalue weighted by Crippen LogP contribution is 2.34. The van der Waals surface area contributed by atoms with Crippen molar-refractivity contribution in [3.05, 3.63) is 0 Å². The molecule has 0 aromatic carbocycles. The molecule has 1 aliphatic heterocycles. The summed E-state index contributed by atoms with van der Waals surface area (Å²) in [5.41, 5.74) is 0. The van der Waals surface area contributed by atoms with Crippen LogP contribution in [-0.2, 0) is 4.74 Å². The summed E-state index contributed by atoms with van der Waals surface area (Å²) in [4.78, 5) is 2.57. The van der Waals surface area contributed by atoms with E-state index in [0.29, 0.717) is 0 Å². The van der Waals surface area contributed by atoms with E-state index in [-0.39, 0.29) is 0 Å². The molecule has 0 atom stereocenters. The van der Waals surface area contributed by atoms with E-state index in [1.807, 2.05) is 13.8 Å². The zero-order chi connectivity index (χ0) is 12.0. The molecule has 0 amide bonds. The van der Waals surface area contributed by atoms with Crippen LogP contribution in [0, 0.1) is 11.8 Å². The minimum Gasteiger partial charge on any atom is -0.381 e. The monoisotopic (exact) mass is 227 g/mol. The fourth-order valence-corrected chi connectivity index (χ4v) is 2.90. The van der Waals surface area contributed by atoms with Gasteiger partial charge in [0.05, 0.1) is 0 Å². The van der Waals surface area contributed by atoms with Gasteiger partial charge in [-0.3, -0.25) is 0 Å². The number of ether oxygens (including phenoxy) is 1. The van der Waals surface area contributed by atoms with Crippen LogP contribution in [0.25, 0.3) is 0 Å². The van der Waals surface area contributed by atoms with Gasteiger partial charge in [0.2, 0.25) is 0 Å². The molecule has 1 saturated heterocycles. The van der Waals surface area contributed by atoms with Crippen molar-refractivity contribution in [2.45, 2.75) is 52.5 Å². The van der Waals surface area contributed by atoms with Crippen LogP contribution in [0.2, 0.25) is 0 Å². The van der Waals surface area contributed by atoms with E-state index in [2.05, 4.69) is 18.9 Å². The smallest absolute Gasteiger partial charge is 0.0480 e. The maximum atomic E-state index is 5.39. The molecule has 96 valence electrons. The normalized spacial score (nSPS) is 30.6. The van der Waals surface area contributed by atoms with Crippen molar-refractivity contribution in [3.8, 4) is 0 Å². The molecule has 0 unspecified atom stereocenters. The van der Waals surface area contributed by atoms with Gasteiger partial charge in [-0.1, -0.05) is 20.8 Å². The van der Waals surface area contributed by atoms with Crippen molar-refractivity contribution < 1.29 is 4.74 Å². The van der Waals surface area contributed by atoms with Crippen LogP contribution in [0.15, 0.2) is 0 Å². The highest BCUT2D eigenvalue weighted by molar-refractivity contribution is 4.81. The zero-order valence-corrected chi connectivity index (χ0v) is 11.5. The summed E-state index contributed by atoms with van der Waals surface area (Å²) >= 11 is 0. The molecular formula is C14H29NO. The molecule has 0 bridgehead atoms. The first-order valence-corrected chi connectivity index (χ1v) is 7.03. The quantitative estimate of drug-likeness (QED) is 0.734. The number of rotatable bonds is 3. The summed E-state index contributed by atoms with van der Waals surface area (Å²) in [6.45, 7) is 9.62. The summed E-state index contributed by atoms with van der Waals surface area (Å²) in [5.74, 6) is 1.97. The number of nitrogens with zero attached hydrogens (tertiary/aromatic N) is 1. The van der Waals surface area contributed by atoms with Crippen LogP contribution >= 0.6 is 0 Å². The van der Waals surface area contributed by atoms with Crippen molar-refractivity contribution in [1.29, 1.82) is 0 Å². The lowest BCUT2D eigenvalue weighted by atomic mass is 9.76. The molecule has 2 rings (SSSR count). The third-order valence-electron chi connectivity index (χ3n) is 3.83. The first-order valence-electron chi connectivity index (χ1n) is 7.03. The Morgan fingerprint density at radius 2 is 1.69 bits per heavy atom. The zero-order valence-electron chi connectivity index (χ0n) is 11.5. The maximum Gasteiger partial charge on any atom is 0.0480 e. The van der Waals surface area contributed by atoms with Gasteiger partial charge in [0.25, 0.3) is 0 Å². The molecule has 2 nitrogen and oxygen atoms in total. The second-order valence-corrected chi connectivity index (χ2v) is 5.23. The van der Waals surface area contributed by atoms with Gasteiger partial charge in [0, 0.05) is 25.8 Å². The molecule has 0 radical (unpaired) electrons. The standard InChI is InChI=1S/C12H23NO.C2H6/c1-10-7-11(8-10)9-13(2)12-3-5-14-6-4-12;1-2/h10-12H,3-9H2,1-2H3;1-2H3. The summed E-state index contributed by atoms with van der Waals surface area (Å²) in [6, 6.07) is 0.791. The van der Waals surface area contributed by atoms with Gasteiger partial charge in [-0.25, -0.2) is 0 Å². The van der Waals surface area contributed by atoms with E-state index in [1.165, 1.54) is 32.2 Å². The Hall–Kier alpha value is -0.0800. The van der Waals surface area contributed by atoms with Crippen LogP contribution in [0.5, 0.6) is 0 Å². The Bertz CT molecular complexity index is 172. The average Bonchev–Trinajstić information content (AvgIpc) is 2.31. The number of hydrogen-bond acceptors (Lipinski definition) is 2. The summed E-state index contributed by atoms with van der Waals surface area (Å²) in [7, 11) is 2.29. The third-order valence-corrected chi connectivity index (χ3v) is 3.83. The molecule has 2 fully saturated rings. The van der Waals surface area contributed by atoms with Crippen LogP contribution in [0.1, 0.15) is 46.5 Å². The van der Waals surface area contributed by atoms with E-state index in [1.54, 1.807) is 0 Å². The average molecular weight is 227 g/mol. The lowest BCUT2D eigenvalue weighted by Gasteiger charge is -2.39. The van der Waals surface area contributed by atoms with Crippen molar-refractivity contribution in [1.82, 2.24) is 4.90 Å². The van der Waals surface area contributed by atoms with Crippen molar-refractivity contribution in [2.24, 2.45) is 11.8 Å². The predicted octanol–water partition coefficient (Wildman–Crippen LogP) is 3.17. The summed E-state index contributed by atoms with van der Waals surface area (Å²) < 4.78 is 5.39. The third kappa shape index (κ3) is 4.06. The Kier molecular flexibility index (Phi) is 6.37. The molecule has 0 aromatic heterocycles. The maximum absolute atomic E-state index is 5.39. The van der Waals surface area contributed by atoms with Crippen LogP contribution in [-0.4, -0.2) is 37.7 Å². The van der Waals surface area contributed by atoms with Crippen LogP contribution in [0.3, 0.4) is 0 Å². The molecule has 16 heavy (non-hydrogen) atoms. The van der Waals surface area contributed by atoms with Crippen molar-refractivity contribution in [3.63, 3.8) is 0 Å². The SMILES string of the molecule is CC.CC1CC(CN(C)C2CCOCC2)C1. The molecule has 0 spiro atoms. The molecule has 1 saturated carbocycles. The summed E-state index contributed by atoms with van der Waals surface area (Å²) in [5, 5.41) is 0. The highest BCUT2D eigenvalue weighted by atomic mass is 16.5. The van der Waals surface area contributed by atoms with Crippen LogP contribution < -0.4 is 0 Å². The minimum absolute atomic E-state index is 0.791. The lowest BCUT2D eigenvalue weighted by molar-refractivity contribution is 0.0287. The second kappa shape index (κ2) is 7.29.